The first-order chi connectivity index (χ1) is 24.5. The highest BCUT2D eigenvalue weighted by molar-refractivity contribution is 6.39. The lowest BCUT2D eigenvalue weighted by Gasteiger charge is -2.31. The molecule has 14 heteroatoms. The van der Waals surface area contributed by atoms with Gasteiger partial charge < -0.3 is 29.9 Å². The fourth-order valence-corrected chi connectivity index (χ4v) is 7.67. The molecule has 4 heterocycles. The maximum atomic E-state index is 12.1. The van der Waals surface area contributed by atoms with Gasteiger partial charge in [0.1, 0.15) is 5.75 Å². The minimum atomic E-state index is -1.16. The Balaban J connectivity index is 1.32. The molecule has 0 spiro atoms. The molecule has 2 amide bonds. The van der Waals surface area contributed by atoms with Gasteiger partial charge >= 0.3 is 6.09 Å². The van der Waals surface area contributed by atoms with Crippen LogP contribution in [0.1, 0.15) is 36.5 Å². The van der Waals surface area contributed by atoms with Crippen molar-refractivity contribution in [1.82, 2.24) is 25.1 Å². The van der Waals surface area contributed by atoms with E-state index in [1.807, 2.05) is 18.2 Å². The second-order valence-electron chi connectivity index (χ2n) is 12.8. The molecule has 6 rings (SSSR count). The normalized spacial score (nSPS) is 16.4. The van der Waals surface area contributed by atoms with Crippen molar-refractivity contribution < 1.29 is 29.3 Å². The zero-order chi connectivity index (χ0) is 36.4. The first-order valence-electron chi connectivity index (χ1n) is 16.5. The largest absolute Gasteiger partial charge is 0.496 e. The van der Waals surface area contributed by atoms with Crippen LogP contribution in [-0.2, 0) is 24.3 Å². The highest BCUT2D eigenvalue weighted by atomic mass is 35.5. The number of pyridine rings is 2. The Bertz CT molecular complexity index is 1960. The van der Waals surface area contributed by atoms with Gasteiger partial charge in [-0.05, 0) is 49.6 Å². The van der Waals surface area contributed by atoms with Crippen molar-refractivity contribution in [2.75, 3.05) is 33.9 Å². The van der Waals surface area contributed by atoms with Crippen LogP contribution in [0.4, 0.5) is 4.79 Å². The Morgan fingerprint density at radius 2 is 1.84 bits per heavy atom. The number of hydrogen-bond acceptors (Lipinski definition) is 8. The monoisotopic (exact) mass is 753 g/mol. The summed E-state index contributed by atoms with van der Waals surface area (Å²) in [6.07, 6.45) is 1.81. The molecule has 0 unspecified atom stereocenters. The van der Waals surface area contributed by atoms with Crippen LogP contribution in [0.15, 0.2) is 48.7 Å². The van der Waals surface area contributed by atoms with Gasteiger partial charge in [-0.15, -0.1) is 0 Å². The van der Waals surface area contributed by atoms with E-state index in [1.165, 1.54) is 12.0 Å². The number of aliphatic hydroxyl groups is 1. The lowest BCUT2D eigenvalue weighted by Crippen LogP contribution is -2.41. The molecule has 0 bridgehead atoms. The van der Waals surface area contributed by atoms with Gasteiger partial charge in [-0.25, -0.2) is 9.78 Å². The summed E-state index contributed by atoms with van der Waals surface area (Å²) in [6, 6.07) is 12.7. The second kappa shape index (κ2) is 15.6. The molecule has 2 aliphatic heterocycles. The van der Waals surface area contributed by atoms with E-state index in [0.717, 1.165) is 35.4 Å². The Hall–Kier alpha value is -4.13. The highest BCUT2D eigenvalue weighted by Gasteiger charge is 2.28. The number of amides is 2. The number of halogens is 3. The SMILES string of the molecule is COc1cc(-c2nccc(-c3cccc(-c4cc(Cl)c(CN(C[C@@H]5CCC(=O)N5)C(=O)O)c(OC)n4)c3Cl)c2Cl)cc2c1CN(C[C@H](C)O)CC2. The number of aliphatic hydroxyl groups excluding tert-OH is 1. The molecule has 1 fully saturated rings. The van der Waals surface area contributed by atoms with Gasteiger partial charge in [-0.2, -0.15) is 0 Å². The number of carboxylic acid groups (broad SMARTS) is 1. The molecule has 51 heavy (non-hydrogen) atoms. The van der Waals surface area contributed by atoms with E-state index in [4.69, 9.17) is 44.3 Å². The Labute approximate surface area is 311 Å². The number of ether oxygens (including phenoxy) is 2. The quantitative estimate of drug-likeness (QED) is 0.149. The summed E-state index contributed by atoms with van der Waals surface area (Å²) in [5, 5.41) is 23.7. The number of rotatable bonds is 11. The van der Waals surface area contributed by atoms with Crippen LogP contribution in [0.2, 0.25) is 15.1 Å². The molecule has 3 N–H and O–H groups in total. The maximum absolute atomic E-state index is 12.1. The first-order valence-corrected chi connectivity index (χ1v) is 17.7. The molecule has 11 nitrogen and oxygen atoms in total. The van der Waals surface area contributed by atoms with Crippen LogP contribution in [-0.4, -0.2) is 88.0 Å². The van der Waals surface area contributed by atoms with Gasteiger partial charge in [0.25, 0.3) is 0 Å². The topological polar surface area (TPSA) is 137 Å². The predicted molar refractivity (Wildman–Crippen MR) is 197 cm³/mol. The lowest BCUT2D eigenvalue weighted by molar-refractivity contribution is -0.119. The zero-order valence-electron chi connectivity index (χ0n) is 28.4. The molecule has 0 aliphatic carbocycles. The predicted octanol–water partition coefficient (Wildman–Crippen LogP) is 6.95. The maximum Gasteiger partial charge on any atom is 0.407 e. The lowest BCUT2D eigenvalue weighted by atomic mass is 9.93. The van der Waals surface area contributed by atoms with Crippen molar-refractivity contribution in [3.05, 3.63) is 80.4 Å². The number of nitrogens with zero attached hydrogens (tertiary/aromatic N) is 4. The number of fused-ring (bicyclic) bond motifs is 1. The molecule has 2 atom stereocenters. The van der Waals surface area contributed by atoms with Crippen molar-refractivity contribution in [3.8, 4) is 45.3 Å². The molecular formula is C37H38Cl3N5O6. The van der Waals surface area contributed by atoms with Crippen LogP contribution in [0.5, 0.6) is 11.6 Å². The van der Waals surface area contributed by atoms with E-state index in [1.54, 1.807) is 38.4 Å². The molecule has 268 valence electrons. The first kappa shape index (κ1) is 36.7. The fourth-order valence-electron chi connectivity index (χ4n) is 6.78. The third kappa shape index (κ3) is 7.88. The molecule has 0 saturated carbocycles. The summed E-state index contributed by atoms with van der Waals surface area (Å²) in [4.78, 5) is 36.5. The van der Waals surface area contributed by atoms with E-state index >= 15 is 0 Å². The standard InChI is InChI=1S/C37H38Cl3N5O6/c1-20(46)16-44-12-10-21-13-22(14-31(50-2)27(21)18-44)35-34(40)25(9-11-41-35)24-5-4-6-26(33(24)39)30-15-29(38)28(36(43-30)51-3)19-45(37(48)49)17-23-7-8-32(47)42-23/h4-6,9,11,13-15,20,23,46H,7-8,10,12,16-19H2,1-3H3,(H,42,47)(H,48,49)/t20-,23-/m0/s1. The third-order valence-corrected chi connectivity index (χ3v) is 10.3. The molecule has 0 radical (unpaired) electrons. The minimum absolute atomic E-state index is 0.0895. The summed E-state index contributed by atoms with van der Waals surface area (Å²) in [7, 11) is 3.08. The van der Waals surface area contributed by atoms with Gasteiger partial charge in [-0.3, -0.25) is 14.7 Å². The molecule has 4 aromatic rings. The molecule has 1 saturated heterocycles. The Morgan fingerprint density at radius 1 is 1.08 bits per heavy atom. The summed E-state index contributed by atoms with van der Waals surface area (Å²) in [6.45, 7) is 3.88. The van der Waals surface area contributed by atoms with Gasteiger partial charge in [0, 0.05) is 72.7 Å². The van der Waals surface area contributed by atoms with Gasteiger partial charge in [0.05, 0.1) is 58.9 Å². The Morgan fingerprint density at radius 3 is 2.53 bits per heavy atom. The number of β-amino-alcohol motifs (C(OH)–C–C–N with tert-alkyl or cyclic N) is 1. The number of benzene rings is 2. The Kier molecular flexibility index (Phi) is 11.2. The minimum Gasteiger partial charge on any atom is -0.496 e. The number of hydrogen-bond donors (Lipinski definition) is 3. The highest BCUT2D eigenvalue weighted by Crippen LogP contribution is 2.44. The van der Waals surface area contributed by atoms with Gasteiger partial charge in [0.15, 0.2) is 0 Å². The average molecular weight is 755 g/mol. The van der Waals surface area contributed by atoms with Crippen molar-refractivity contribution in [2.45, 2.75) is 51.4 Å². The number of aromatic nitrogens is 2. The number of nitrogens with one attached hydrogen (secondary N) is 1. The second-order valence-corrected chi connectivity index (χ2v) is 13.9. The fraction of sp³-hybridized carbons (Fsp3) is 0.351. The molecule has 2 aromatic carbocycles. The van der Waals surface area contributed by atoms with E-state index in [9.17, 15) is 19.8 Å². The van der Waals surface area contributed by atoms with Crippen molar-refractivity contribution >= 4 is 46.8 Å². The summed E-state index contributed by atoms with van der Waals surface area (Å²) >= 11 is 21.0. The average Bonchev–Trinajstić information content (AvgIpc) is 3.52. The van der Waals surface area contributed by atoms with Crippen molar-refractivity contribution in [1.29, 1.82) is 0 Å². The van der Waals surface area contributed by atoms with E-state index in [2.05, 4.69) is 26.3 Å². The van der Waals surface area contributed by atoms with Crippen LogP contribution >= 0.6 is 34.8 Å². The summed E-state index contributed by atoms with van der Waals surface area (Å²) < 4.78 is 11.4. The third-order valence-electron chi connectivity index (χ3n) is 9.22. The van der Waals surface area contributed by atoms with Gasteiger partial charge in [0.2, 0.25) is 11.8 Å². The van der Waals surface area contributed by atoms with E-state index < -0.39 is 12.2 Å². The van der Waals surface area contributed by atoms with Crippen LogP contribution in [0.25, 0.3) is 33.6 Å². The van der Waals surface area contributed by atoms with E-state index in [0.29, 0.717) is 69.6 Å². The van der Waals surface area contributed by atoms with Crippen molar-refractivity contribution in [2.24, 2.45) is 0 Å². The van der Waals surface area contributed by atoms with Crippen molar-refractivity contribution in [3.63, 3.8) is 0 Å². The molecule has 2 aliphatic rings. The van der Waals surface area contributed by atoms with E-state index in [-0.39, 0.29) is 35.9 Å². The van der Waals surface area contributed by atoms with Crippen LogP contribution < -0.4 is 14.8 Å². The summed E-state index contributed by atoms with van der Waals surface area (Å²) in [5.74, 6) is 0.787. The smallest absolute Gasteiger partial charge is 0.407 e. The van der Waals surface area contributed by atoms with Crippen LogP contribution in [0, 0.1) is 0 Å². The summed E-state index contributed by atoms with van der Waals surface area (Å²) in [5.41, 5.74) is 6.32. The number of methoxy groups -OCH3 is 2. The molecular weight excluding hydrogens is 717 g/mol. The molecule has 2 aromatic heterocycles. The zero-order valence-corrected chi connectivity index (χ0v) is 30.6. The number of carbonyl (C=O) groups excluding carboxylic acids is 1. The van der Waals surface area contributed by atoms with Crippen LogP contribution in [0.3, 0.4) is 0 Å². The van der Waals surface area contributed by atoms with Gasteiger partial charge in [-0.1, -0.05) is 53.0 Å². The number of carbonyl (C=O) groups is 2.